The standard InChI is InChI=1S/C18H23ClN2/c1-4-21-17(11-16-5-6-20-12-18(16)19)10-15-8-13(2)7-14(3)9-15/h5-9,12,17,21H,4,10-11H2,1-3H3. The van der Waals surface area contributed by atoms with Crippen molar-refractivity contribution in [3.8, 4) is 0 Å². The number of likely N-dealkylation sites (N-methyl/N-ethyl adjacent to an activating group) is 1. The van der Waals surface area contributed by atoms with E-state index < -0.39 is 0 Å². The van der Waals surface area contributed by atoms with Gasteiger partial charge >= 0.3 is 0 Å². The fourth-order valence-corrected chi connectivity index (χ4v) is 3.01. The van der Waals surface area contributed by atoms with Gasteiger partial charge in [-0.3, -0.25) is 4.98 Å². The molecule has 0 saturated carbocycles. The number of aryl methyl sites for hydroxylation is 2. The van der Waals surface area contributed by atoms with Gasteiger partial charge in [-0.1, -0.05) is 47.9 Å². The predicted molar refractivity (Wildman–Crippen MR) is 90.0 cm³/mol. The Labute approximate surface area is 132 Å². The van der Waals surface area contributed by atoms with Crippen LogP contribution in [0.1, 0.15) is 29.2 Å². The van der Waals surface area contributed by atoms with Crippen molar-refractivity contribution < 1.29 is 0 Å². The third-order valence-electron chi connectivity index (χ3n) is 3.58. The molecule has 1 heterocycles. The van der Waals surface area contributed by atoms with E-state index in [-0.39, 0.29) is 0 Å². The van der Waals surface area contributed by atoms with Crippen LogP contribution < -0.4 is 5.32 Å². The quantitative estimate of drug-likeness (QED) is 0.868. The average Bonchev–Trinajstić information content (AvgIpc) is 2.40. The van der Waals surface area contributed by atoms with E-state index in [9.17, 15) is 0 Å². The molecule has 2 nitrogen and oxygen atoms in total. The van der Waals surface area contributed by atoms with Crippen LogP contribution in [0.25, 0.3) is 0 Å². The van der Waals surface area contributed by atoms with Crippen LogP contribution in [0.3, 0.4) is 0 Å². The summed E-state index contributed by atoms with van der Waals surface area (Å²) in [6.07, 6.45) is 5.45. The van der Waals surface area contributed by atoms with Crippen molar-refractivity contribution in [3.05, 3.63) is 63.9 Å². The third kappa shape index (κ3) is 4.83. The molecule has 2 aromatic rings. The maximum absolute atomic E-state index is 6.23. The molecule has 0 aliphatic heterocycles. The Bertz CT molecular complexity index is 575. The maximum Gasteiger partial charge on any atom is 0.0621 e. The molecule has 0 aliphatic carbocycles. The van der Waals surface area contributed by atoms with Gasteiger partial charge in [-0.25, -0.2) is 0 Å². The number of hydrogen-bond acceptors (Lipinski definition) is 2. The highest BCUT2D eigenvalue weighted by atomic mass is 35.5. The lowest BCUT2D eigenvalue weighted by atomic mass is 9.97. The molecule has 0 saturated heterocycles. The van der Waals surface area contributed by atoms with E-state index in [0.29, 0.717) is 6.04 Å². The second-order valence-electron chi connectivity index (χ2n) is 5.63. The summed E-state index contributed by atoms with van der Waals surface area (Å²) in [6.45, 7) is 7.40. The van der Waals surface area contributed by atoms with Crippen molar-refractivity contribution in [1.82, 2.24) is 10.3 Å². The van der Waals surface area contributed by atoms with Gasteiger partial charge in [0.1, 0.15) is 0 Å². The number of nitrogens with one attached hydrogen (secondary N) is 1. The summed E-state index contributed by atoms with van der Waals surface area (Å²) in [5, 5.41) is 4.32. The molecular weight excluding hydrogens is 280 g/mol. The van der Waals surface area contributed by atoms with E-state index in [1.807, 2.05) is 6.07 Å². The van der Waals surface area contributed by atoms with Crippen molar-refractivity contribution >= 4 is 11.6 Å². The van der Waals surface area contributed by atoms with Crippen LogP contribution in [-0.4, -0.2) is 17.6 Å². The Morgan fingerprint density at radius 3 is 2.48 bits per heavy atom. The topological polar surface area (TPSA) is 24.9 Å². The Hall–Kier alpha value is -1.38. The smallest absolute Gasteiger partial charge is 0.0621 e. The van der Waals surface area contributed by atoms with Crippen LogP contribution in [0.15, 0.2) is 36.7 Å². The SMILES string of the molecule is CCNC(Cc1cc(C)cc(C)c1)Cc1ccncc1Cl. The fourth-order valence-electron chi connectivity index (χ4n) is 2.81. The summed E-state index contributed by atoms with van der Waals surface area (Å²) < 4.78 is 0. The van der Waals surface area contributed by atoms with Gasteiger partial charge in [0, 0.05) is 18.4 Å². The first-order chi connectivity index (χ1) is 10.1. The van der Waals surface area contributed by atoms with Crippen LogP contribution in [0.5, 0.6) is 0 Å². The summed E-state index contributed by atoms with van der Waals surface area (Å²) in [4.78, 5) is 4.05. The van der Waals surface area contributed by atoms with Crippen molar-refractivity contribution in [3.63, 3.8) is 0 Å². The minimum absolute atomic E-state index is 0.385. The normalized spacial score (nSPS) is 12.4. The van der Waals surface area contributed by atoms with Crippen LogP contribution in [0.2, 0.25) is 5.02 Å². The molecule has 1 N–H and O–H groups in total. The molecule has 0 bridgehead atoms. The first-order valence-electron chi connectivity index (χ1n) is 7.47. The molecule has 21 heavy (non-hydrogen) atoms. The number of benzene rings is 1. The van der Waals surface area contributed by atoms with Gasteiger partial charge in [0.25, 0.3) is 0 Å². The number of aromatic nitrogens is 1. The Kier molecular flexibility index (Phi) is 5.77. The minimum atomic E-state index is 0.385. The maximum atomic E-state index is 6.23. The van der Waals surface area contributed by atoms with Crippen molar-refractivity contribution in [1.29, 1.82) is 0 Å². The fraction of sp³-hybridized carbons (Fsp3) is 0.389. The van der Waals surface area contributed by atoms with Crippen LogP contribution >= 0.6 is 11.6 Å². The molecule has 1 aromatic heterocycles. The second-order valence-corrected chi connectivity index (χ2v) is 6.03. The Morgan fingerprint density at radius 2 is 1.86 bits per heavy atom. The molecule has 0 spiro atoms. The Balaban J connectivity index is 2.13. The van der Waals surface area contributed by atoms with E-state index >= 15 is 0 Å². The molecule has 3 heteroatoms. The number of nitrogens with zero attached hydrogens (tertiary/aromatic N) is 1. The zero-order valence-electron chi connectivity index (χ0n) is 13.0. The number of rotatable bonds is 6. The van der Waals surface area contributed by atoms with Gasteiger partial charge in [0.2, 0.25) is 0 Å². The molecule has 0 fully saturated rings. The molecule has 112 valence electrons. The van der Waals surface area contributed by atoms with Crippen molar-refractivity contribution in [2.75, 3.05) is 6.54 Å². The summed E-state index contributed by atoms with van der Waals surface area (Å²) in [6, 6.07) is 9.15. The molecule has 1 unspecified atom stereocenters. The third-order valence-corrected chi connectivity index (χ3v) is 3.92. The van der Waals surface area contributed by atoms with Gasteiger partial charge in [0.05, 0.1) is 5.02 Å². The lowest BCUT2D eigenvalue weighted by Gasteiger charge is -2.19. The number of pyridine rings is 1. The van der Waals surface area contributed by atoms with Crippen LogP contribution in [0, 0.1) is 13.8 Å². The largest absolute Gasteiger partial charge is 0.314 e. The summed E-state index contributed by atoms with van der Waals surface area (Å²) >= 11 is 6.23. The van der Waals surface area contributed by atoms with Gasteiger partial charge in [-0.15, -0.1) is 0 Å². The van der Waals surface area contributed by atoms with Gasteiger partial charge in [-0.05, 0) is 50.4 Å². The highest BCUT2D eigenvalue weighted by Gasteiger charge is 2.12. The molecule has 1 atom stereocenters. The molecule has 2 rings (SSSR count). The lowest BCUT2D eigenvalue weighted by molar-refractivity contribution is 0.521. The molecule has 0 radical (unpaired) electrons. The van der Waals surface area contributed by atoms with Crippen LogP contribution in [0.4, 0.5) is 0 Å². The average molecular weight is 303 g/mol. The zero-order chi connectivity index (χ0) is 15.2. The zero-order valence-corrected chi connectivity index (χ0v) is 13.7. The minimum Gasteiger partial charge on any atom is -0.314 e. The summed E-state index contributed by atoms with van der Waals surface area (Å²) in [5.74, 6) is 0. The van der Waals surface area contributed by atoms with E-state index in [1.54, 1.807) is 12.4 Å². The second kappa shape index (κ2) is 7.58. The first-order valence-corrected chi connectivity index (χ1v) is 7.85. The van der Waals surface area contributed by atoms with E-state index in [4.69, 9.17) is 11.6 Å². The van der Waals surface area contributed by atoms with Crippen molar-refractivity contribution in [2.24, 2.45) is 0 Å². The van der Waals surface area contributed by atoms with Gasteiger partial charge < -0.3 is 5.32 Å². The molecule has 0 aliphatic rings. The predicted octanol–water partition coefficient (Wildman–Crippen LogP) is 4.12. The van der Waals surface area contributed by atoms with E-state index in [2.05, 4.69) is 49.3 Å². The van der Waals surface area contributed by atoms with Crippen molar-refractivity contribution in [2.45, 2.75) is 39.7 Å². The molecule has 1 aromatic carbocycles. The van der Waals surface area contributed by atoms with Gasteiger partial charge in [-0.2, -0.15) is 0 Å². The molecule has 0 amide bonds. The summed E-state index contributed by atoms with van der Waals surface area (Å²) in [7, 11) is 0. The van der Waals surface area contributed by atoms with Crippen LogP contribution in [-0.2, 0) is 12.8 Å². The Morgan fingerprint density at radius 1 is 1.14 bits per heavy atom. The monoisotopic (exact) mass is 302 g/mol. The highest BCUT2D eigenvalue weighted by molar-refractivity contribution is 6.31. The summed E-state index contributed by atoms with van der Waals surface area (Å²) in [5.41, 5.74) is 5.18. The highest BCUT2D eigenvalue weighted by Crippen LogP contribution is 2.18. The number of hydrogen-bond donors (Lipinski definition) is 1. The first kappa shape index (κ1) is 16.0. The molecular formula is C18H23ClN2. The van der Waals surface area contributed by atoms with E-state index in [1.165, 1.54) is 16.7 Å². The van der Waals surface area contributed by atoms with Gasteiger partial charge in [0.15, 0.2) is 0 Å². The number of halogens is 1. The lowest BCUT2D eigenvalue weighted by Crippen LogP contribution is -2.33. The van der Waals surface area contributed by atoms with E-state index in [0.717, 1.165) is 30.0 Å².